The van der Waals surface area contributed by atoms with E-state index in [1.807, 2.05) is 60.7 Å². The number of benzene rings is 2. The molecule has 0 fully saturated rings. The van der Waals surface area contributed by atoms with Crippen molar-refractivity contribution in [3.05, 3.63) is 72.0 Å². The van der Waals surface area contributed by atoms with Gasteiger partial charge in [-0.05, 0) is 17.7 Å². The maximum absolute atomic E-state index is 12.5. The van der Waals surface area contributed by atoms with E-state index in [0.717, 1.165) is 16.5 Å². The van der Waals surface area contributed by atoms with Crippen LogP contribution in [0.2, 0.25) is 0 Å². The van der Waals surface area contributed by atoms with E-state index in [0.29, 0.717) is 11.7 Å². The van der Waals surface area contributed by atoms with E-state index in [1.165, 1.54) is 0 Å². The monoisotopic (exact) mass is 335 g/mol. The molecule has 2 unspecified atom stereocenters. The molecule has 0 radical (unpaired) electrons. The highest BCUT2D eigenvalue weighted by molar-refractivity contribution is 5.86. The Morgan fingerprint density at radius 1 is 1.12 bits per heavy atom. The number of fused-ring (bicyclic) bond motifs is 1. The Kier molecular flexibility index (Phi) is 3.98. The predicted octanol–water partition coefficient (Wildman–Crippen LogP) is 4.03. The Hall–Kier alpha value is -3.08. The lowest BCUT2D eigenvalue weighted by Crippen LogP contribution is -2.26. The van der Waals surface area contributed by atoms with Gasteiger partial charge in [0.25, 0.3) is 0 Å². The third-order valence-electron chi connectivity index (χ3n) is 4.10. The van der Waals surface area contributed by atoms with Gasteiger partial charge in [0, 0.05) is 12.3 Å². The van der Waals surface area contributed by atoms with Crippen molar-refractivity contribution in [2.24, 2.45) is 4.99 Å². The van der Waals surface area contributed by atoms with Crippen LogP contribution in [0.15, 0.2) is 70.1 Å². The average molecular weight is 335 g/mol. The smallest absolute Gasteiger partial charge is 0.335 e. The molecule has 25 heavy (non-hydrogen) atoms. The second-order valence-electron chi connectivity index (χ2n) is 5.91. The van der Waals surface area contributed by atoms with Gasteiger partial charge in [0.15, 0.2) is 18.0 Å². The second kappa shape index (κ2) is 6.43. The van der Waals surface area contributed by atoms with Crippen molar-refractivity contribution in [2.75, 3.05) is 0 Å². The van der Waals surface area contributed by atoms with Gasteiger partial charge < -0.3 is 13.9 Å². The topological polar surface area (TPSA) is 61.0 Å². The number of nitrogens with zero attached hydrogens (tertiary/aromatic N) is 1. The zero-order chi connectivity index (χ0) is 17.2. The van der Waals surface area contributed by atoms with Crippen molar-refractivity contribution in [1.82, 2.24) is 0 Å². The molecule has 3 aromatic rings. The molecule has 126 valence electrons. The average Bonchev–Trinajstić information content (AvgIpc) is 3.23. The van der Waals surface area contributed by atoms with Crippen molar-refractivity contribution in [3.63, 3.8) is 0 Å². The van der Waals surface area contributed by atoms with Gasteiger partial charge in [0.2, 0.25) is 0 Å². The standard InChI is InChI=1S/C20H17NO4/c1-13-21-18(20(22)23-12-14-7-3-2-4-8-14)19(24-13)17-11-15-9-5-6-10-16(15)25-17/h2-11,18-19H,12H2,1H3. The molecule has 0 aliphatic carbocycles. The SMILES string of the molecule is CC1=NC(C(=O)OCc2ccccc2)C(c2cc3ccccc3o2)O1. The molecule has 0 amide bonds. The largest absolute Gasteiger partial charge is 0.467 e. The summed E-state index contributed by atoms with van der Waals surface area (Å²) < 4.78 is 17.0. The molecular weight excluding hydrogens is 318 g/mol. The number of carbonyl (C=O) groups excluding carboxylic acids is 1. The van der Waals surface area contributed by atoms with Crippen LogP contribution in [-0.2, 0) is 20.9 Å². The molecule has 0 bridgehead atoms. The fourth-order valence-corrected chi connectivity index (χ4v) is 2.89. The van der Waals surface area contributed by atoms with Crippen LogP contribution in [0, 0.1) is 0 Å². The molecule has 1 aliphatic heterocycles. The van der Waals surface area contributed by atoms with Gasteiger partial charge >= 0.3 is 5.97 Å². The Labute approximate surface area is 144 Å². The van der Waals surface area contributed by atoms with Gasteiger partial charge in [-0.15, -0.1) is 0 Å². The quantitative estimate of drug-likeness (QED) is 0.675. The number of esters is 1. The number of carbonyl (C=O) groups is 1. The fourth-order valence-electron chi connectivity index (χ4n) is 2.89. The summed E-state index contributed by atoms with van der Waals surface area (Å²) in [5.41, 5.74) is 1.68. The number of hydrogen-bond acceptors (Lipinski definition) is 5. The van der Waals surface area contributed by atoms with Crippen LogP contribution in [0.4, 0.5) is 0 Å². The van der Waals surface area contributed by atoms with E-state index in [9.17, 15) is 4.79 Å². The Bertz CT molecular complexity index is 896. The fraction of sp³-hybridized carbons (Fsp3) is 0.200. The van der Waals surface area contributed by atoms with Crippen LogP contribution in [0.5, 0.6) is 0 Å². The summed E-state index contributed by atoms with van der Waals surface area (Å²) in [5.74, 6) is 0.599. The molecule has 0 saturated heterocycles. The Morgan fingerprint density at radius 3 is 2.68 bits per heavy atom. The minimum Gasteiger partial charge on any atom is -0.467 e. The van der Waals surface area contributed by atoms with Crippen molar-refractivity contribution >= 4 is 22.8 Å². The number of para-hydroxylation sites is 1. The Morgan fingerprint density at radius 2 is 1.88 bits per heavy atom. The van der Waals surface area contributed by atoms with Gasteiger partial charge in [-0.25, -0.2) is 9.79 Å². The lowest BCUT2D eigenvalue weighted by Gasteiger charge is -2.14. The summed E-state index contributed by atoms with van der Waals surface area (Å²) in [6.07, 6.45) is -0.601. The first-order valence-electron chi connectivity index (χ1n) is 8.11. The summed E-state index contributed by atoms with van der Waals surface area (Å²) in [5, 5.41) is 0.960. The maximum Gasteiger partial charge on any atom is 0.335 e. The minimum absolute atomic E-state index is 0.206. The van der Waals surface area contributed by atoms with Crippen LogP contribution in [0.3, 0.4) is 0 Å². The molecule has 0 saturated carbocycles. The first-order valence-corrected chi connectivity index (χ1v) is 8.11. The summed E-state index contributed by atoms with van der Waals surface area (Å²) in [4.78, 5) is 16.8. The van der Waals surface area contributed by atoms with Crippen molar-refractivity contribution in [3.8, 4) is 0 Å². The molecule has 4 rings (SSSR count). The van der Waals surface area contributed by atoms with Gasteiger partial charge in [0.05, 0.1) is 0 Å². The van der Waals surface area contributed by atoms with Crippen LogP contribution < -0.4 is 0 Å². The van der Waals surface area contributed by atoms with Crippen molar-refractivity contribution in [1.29, 1.82) is 0 Å². The second-order valence-corrected chi connectivity index (χ2v) is 5.91. The highest BCUT2D eigenvalue weighted by Gasteiger charge is 2.39. The van der Waals surface area contributed by atoms with E-state index in [4.69, 9.17) is 13.9 Å². The van der Waals surface area contributed by atoms with Crippen molar-refractivity contribution in [2.45, 2.75) is 25.7 Å². The molecule has 0 spiro atoms. The van der Waals surface area contributed by atoms with Crippen LogP contribution in [0.1, 0.15) is 24.4 Å². The van der Waals surface area contributed by atoms with Crippen LogP contribution in [0.25, 0.3) is 11.0 Å². The zero-order valence-corrected chi connectivity index (χ0v) is 13.7. The first-order chi connectivity index (χ1) is 12.2. The van der Waals surface area contributed by atoms with E-state index < -0.39 is 18.1 Å². The van der Waals surface area contributed by atoms with Gasteiger partial charge in [-0.2, -0.15) is 0 Å². The third-order valence-corrected chi connectivity index (χ3v) is 4.10. The first kappa shape index (κ1) is 15.4. The van der Waals surface area contributed by atoms with E-state index >= 15 is 0 Å². The van der Waals surface area contributed by atoms with Gasteiger partial charge in [-0.3, -0.25) is 0 Å². The zero-order valence-electron chi connectivity index (χ0n) is 13.7. The van der Waals surface area contributed by atoms with Crippen LogP contribution in [-0.4, -0.2) is 17.9 Å². The third kappa shape index (κ3) is 3.13. The molecule has 5 nitrogen and oxygen atoms in total. The van der Waals surface area contributed by atoms with Crippen LogP contribution >= 0.6 is 0 Å². The minimum atomic E-state index is -0.760. The highest BCUT2D eigenvalue weighted by atomic mass is 16.5. The summed E-state index contributed by atoms with van der Waals surface area (Å²) >= 11 is 0. The number of rotatable bonds is 4. The summed E-state index contributed by atoms with van der Waals surface area (Å²) in [6, 6.07) is 18.3. The summed E-state index contributed by atoms with van der Waals surface area (Å²) in [7, 11) is 0. The van der Waals surface area contributed by atoms with Gasteiger partial charge in [-0.1, -0.05) is 48.5 Å². The molecule has 2 heterocycles. The molecule has 1 aliphatic rings. The molecule has 2 atom stereocenters. The predicted molar refractivity (Wildman–Crippen MR) is 93.2 cm³/mol. The molecular formula is C20H17NO4. The lowest BCUT2D eigenvalue weighted by molar-refractivity contribution is -0.148. The van der Waals surface area contributed by atoms with Gasteiger partial charge in [0.1, 0.15) is 18.0 Å². The van der Waals surface area contributed by atoms with E-state index in [2.05, 4.69) is 4.99 Å². The Balaban J connectivity index is 1.53. The number of hydrogen-bond donors (Lipinski definition) is 0. The normalized spacial score (nSPS) is 19.5. The van der Waals surface area contributed by atoms with E-state index in [-0.39, 0.29) is 6.61 Å². The maximum atomic E-state index is 12.5. The molecule has 1 aromatic heterocycles. The molecule has 5 heteroatoms. The highest BCUT2D eigenvalue weighted by Crippen LogP contribution is 2.33. The van der Waals surface area contributed by atoms with E-state index in [1.54, 1.807) is 6.92 Å². The number of furan rings is 1. The lowest BCUT2D eigenvalue weighted by atomic mass is 10.1. The summed E-state index contributed by atoms with van der Waals surface area (Å²) in [6.45, 7) is 1.93. The number of ether oxygens (including phenoxy) is 2. The number of aliphatic imine (C=N–C) groups is 1. The molecule has 2 aromatic carbocycles. The molecule has 0 N–H and O–H groups in total. The van der Waals surface area contributed by atoms with Crippen molar-refractivity contribution < 1.29 is 18.7 Å².